The van der Waals surface area contributed by atoms with Gasteiger partial charge in [-0.15, -0.1) is 0 Å². The summed E-state index contributed by atoms with van der Waals surface area (Å²) in [6.07, 6.45) is 6.18. The minimum absolute atomic E-state index is 0.0731. The van der Waals surface area contributed by atoms with E-state index in [1.165, 1.54) is 12.7 Å². The van der Waals surface area contributed by atoms with Crippen LogP contribution in [0.4, 0.5) is 5.82 Å². The topological polar surface area (TPSA) is 120 Å². The lowest BCUT2D eigenvalue weighted by molar-refractivity contribution is 0.0892. The summed E-state index contributed by atoms with van der Waals surface area (Å²) in [6.45, 7) is 0.0731. The van der Waals surface area contributed by atoms with Gasteiger partial charge in [0.15, 0.2) is 0 Å². The molecule has 0 saturated heterocycles. The number of anilines is 1. The molecule has 1 saturated carbocycles. The minimum atomic E-state index is -0.823. The van der Waals surface area contributed by atoms with E-state index >= 15 is 0 Å². The van der Waals surface area contributed by atoms with Crippen LogP contribution in [0.25, 0.3) is 0 Å². The first-order valence-electron chi connectivity index (χ1n) is 9.48. The average Bonchev–Trinajstić information content (AvgIpc) is 2.68. The molecule has 0 spiro atoms. The molecule has 2 aliphatic rings. The van der Waals surface area contributed by atoms with Crippen LogP contribution in [0.15, 0.2) is 35.6 Å². The Labute approximate surface area is 162 Å². The lowest BCUT2D eigenvalue weighted by Gasteiger charge is -2.26. The maximum Gasteiger partial charge on any atom is 0.270 e. The molecule has 8 nitrogen and oxygen atoms in total. The predicted molar refractivity (Wildman–Crippen MR) is 105 cm³/mol. The van der Waals surface area contributed by atoms with Crippen molar-refractivity contribution in [2.24, 2.45) is 4.99 Å². The number of nitrogens with one attached hydrogen (secondary N) is 2. The third-order valence-electron chi connectivity index (χ3n) is 5.24. The third kappa shape index (κ3) is 4.12. The summed E-state index contributed by atoms with van der Waals surface area (Å²) in [5.41, 5.74) is 2.11. The number of aliphatic hydroxyl groups excluding tert-OH is 1. The number of carbonyl (C=O) groups excluding carboxylic acids is 1. The zero-order valence-corrected chi connectivity index (χ0v) is 15.4. The Morgan fingerprint density at radius 1 is 1.25 bits per heavy atom. The van der Waals surface area contributed by atoms with Gasteiger partial charge in [0.25, 0.3) is 5.91 Å². The molecule has 1 fully saturated rings. The van der Waals surface area contributed by atoms with Gasteiger partial charge in [0.1, 0.15) is 23.6 Å². The smallest absolute Gasteiger partial charge is 0.270 e. The summed E-state index contributed by atoms with van der Waals surface area (Å²) < 4.78 is 0. The van der Waals surface area contributed by atoms with E-state index in [9.17, 15) is 15.0 Å². The third-order valence-corrected chi connectivity index (χ3v) is 5.24. The second kappa shape index (κ2) is 7.93. The molecule has 1 aliphatic carbocycles. The van der Waals surface area contributed by atoms with Crippen molar-refractivity contribution < 1.29 is 15.0 Å². The normalized spacial score (nSPS) is 19.4. The van der Waals surface area contributed by atoms with Gasteiger partial charge in [-0.1, -0.05) is 6.07 Å². The summed E-state index contributed by atoms with van der Waals surface area (Å²) in [4.78, 5) is 24.9. The SMILES string of the molecule is O=C(NC[C@@H](O)C1Cc2ccc(O)cc2C=N1)c1cc(NC2CCC2)ncn1. The highest BCUT2D eigenvalue weighted by Gasteiger charge is 2.24. The summed E-state index contributed by atoms with van der Waals surface area (Å²) in [6, 6.07) is 6.79. The van der Waals surface area contributed by atoms with Gasteiger partial charge in [-0.25, -0.2) is 9.97 Å². The van der Waals surface area contributed by atoms with Gasteiger partial charge >= 0.3 is 0 Å². The quantitative estimate of drug-likeness (QED) is 0.598. The number of fused-ring (bicyclic) bond motifs is 1. The summed E-state index contributed by atoms with van der Waals surface area (Å²) in [5, 5.41) is 26.0. The molecule has 0 bridgehead atoms. The molecule has 2 aromatic rings. The van der Waals surface area contributed by atoms with Gasteiger partial charge < -0.3 is 20.8 Å². The van der Waals surface area contributed by atoms with Crippen molar-refractivity contribution in [3.05, 3.63) is 47.4 Å². The number of aromatic nitrogens is 2. The average molecular weight is 381 g/mol. The van der Waals surface area contributed by atoms with Crippen molar-refractivity contribution in [1.29, 1.82) is 0 Å². The van der Waals surface area contributed by atoms with Crippen LogP contribution in [-0.4, -0.2) is 57.0 Å². The maximum atomic E-state index is 12.4. The van der Waals surface area contributed by atoms with E-state index in [-0.39, 0.29) is 29.9 Å². The molecule has 28 heavy (non-hydrogen) atoms. The molecule has 4 rings (SSSR count). The number of phenols is 1. The van der Waals surface area contributed by atoms with Gasteiger partial charge in [0.05, 0.1) is 12.1 Å². The van der Waals surface area contributed by atoms with Crippen LogP contribution in [0.2, 0.25) is 0 Å². The number of aromatic hydroxyl groups is 1. The fourth-order valence-corrected chi connectivity index (χ4v) is 3.32. The summed E-state index contributed by atoms with van der Waals surface area (Å²) >= 11 is 0. The van der Waals surface area contributed by atoms with E-state index in [2.05, 4.69) is 25.6 Å². The second-order valence-electron chi connectivity index (χ2n) is 7.27. The molecule has 4 N–H and O–H groups in total. The Kier molecular flexibility index (Phi) is 5.21. The molecule has 1 unspecified atom stereocenters. The molecule has 0 radical (unpaired) electrons. The van der Waals surface area contributed by atoms with Crippen LogP contribution >= 0.6 is 0 Å². The first-order valence-corrected chi connectivity index (χ1v) is 9.48. The lowest BCUT2D eigenvalue weighted by Crippen LogP contribution is -2.40. The minimum Gasteiger partial charge on any atom is -0.508 e. The van der Waals surface area contributed by atoms with E-state index in [0.29, 0.717) is 18.3 Å². The van der Waals surface area contributed by atoms with Crippen molar-refractivity contribution in [3.8, 4) is 5.75 Å². The number of nitrogens with zero attached hydrogens (tertiary/aromatic N) is 3. The largest absolute Gasteiger partial charge is 0.508 e. The number of rotatable bonds is 6. The van der Waals surface area contributed by atoms with Crippen LogP contribution in [-0.2, 0) is 6.42 Å². The fourth-order valence-electron chi connectivity index (χ4n) is 3.32. The molecule has 2 heterocycles. The fraction of sp³-hybridized carbons (Fsp3) is 0.400. The highest BCUT2D eigenvalue weighted by Crippen LogP contribution is 2.23. The molecular formula is C20H23N5O3. The van der Waals surface area contributed by atoms with Crippen molar-refractivity contribution in [2.75, 3.05) is 11.9 Å². The lowest BCUT2D eigenvalue weighted by atomic mass is 9.93. The monoisotopic (exact) mass is 381 g/mol. The molecule has 1 aromatic carbocycles. The Hall–Kier alpha value is -3.00. The number of hydrogen-bond donors (Lipinski definition) is 4. The van der Waals surface area contributed by atoms with E-state index in [1.54, 1.807) is 24.4 Å². The van der Waals surface area contributed by atoms with Gasteiger partial charge in [0.2, 0.25) is 0 Å². The Morgan fingerprint density at radius 2 is 2.11 bits per heavy atom. The zero-order chi connectivity index (χ0) is 19.5. The number of aliphatic imine (C=N–C) groups is 1. The van der Waals surface area contributed by atoms with E-state index in [0.717, 1.165) is 24.0 Å². The highest BCUT2D eigenvalue weighted by atomic mass is 16.3. The van der Waals surface area contributed by atoms with Crippen molar-refractivity contribution in [3.63, 3.8) is 0 Å². The molecule has 146 valence electrons. The Bertz CT molecular complexity index is 897. The zero-order valence-electron chi connectivity index (χ0n) is 15.4. The molecule has 2 atom stereocenters. The first kappa shape index (κ1) is 18.4. The number of hydrogen-bond acceptors (Lipinski definition) is 7. The van der Waals surface area contributed by atoms with Gasteiger partial charge in [-0.2, -0.15) is 0 Å². The summed E-state index contributed by atoms with van der Waals surface area (Å²) in [5.74, 6) is 0.470. The van der Waals surface area contributed by atoms with E-state index < -0.39 is 6.10 Å². The van der Waals surface area contributed by atoms with Crippen LogP contribution < -0.4 is 10.6 Å². The van der Waals surface area contributed by atoms with Crippen molar-refractivity contribution in [2.45, 2.75) is 43.9 Å². The second-order valence-corrected chi connectivity index (χ2v) is 7.27. The standard InChI is InChI=1S/C20H23N5O3/c26-15-5-4-12-7-16(21-9-13(12)6-15)18(27)10-22-20(28)17-8-19(24-11-23-17)25-14-2-1-3-14/h4-6,8-9,11,14,16,18,26-27H,1-3,7,10H2,(H,22,28)(H,23,24,25)/t16?,18-/m1/s1. The molecule has 8 heteroatoms. The first-order chi connectivity index (χ1) is 13.6. The number of benzene rings is 1. The van der Waals surface area contributed by atoms with Crippen LogP contribution in [0.5, 0.6) is 5.75 Å². The molecular weight excluding hydrogens is 358 g/mol. The predicted octanol–water partition coefficient (Wildman–Crippen LogP) is 1.28. The molecule has 1 aromatic heterocycles. The van der Waals surface area contributed by atoms with Gasteiger partial charge in [0, 0.05) is 24.9 Å². The number of carbonyl (C=O) groups is 1. The Balaban J connectivity index is 1.32. The van der Waals surface area contributed by atoms with Crippen LogP contribution in [0, 0.1) is 0 Å². The molecule has 1 amide bonds. The number of aliphatic hydroxyl groups is 1. The van der Waals surface area contributed by atoms with E-state index in [1.807, 2.05) is 6.07 Å². The molecule has 1 aliphatic heterocycles. The number of amides is 1. The summed E-state index contributed by atoms with van der Waals surface area (Å²) in [7, 11) is 0. The van der Waals surface area contributed by atoms with Gasteiger partial charge in [-0.3, -0.25) is 9.79 Å². The van der Waals surface area contributed by atoms with Gasteiger partial charge in [-0.05, 0) is 48.9 Å². The van der Waals surface area contributed by atoms with Crippen molar-refractivity contribution in [1.82, 2.24) is 15.3 Å². The van der Waals surface area contributed by atoms with Crippen LogP contribution in [0.3, 0.4) is 0 Å². The maximum absolute atomic E-state index is 12.4. The number of phenolic OH excluding ortho intramolecular Hbond substituents is 1. The highest BCUT2D eigenvalue weighted by molar-refractivity contribution is 5.92. The van der Waals surface area contributed by atoms with E-state index in [4.69, 9.17) is 0 Å². The Morgan fingerprint density at radius 3 is 2.89 bits per heavy atom. The van der Waals surface area contributed by atoms with Crippen LogP contribution in [0.1, 0.15) is 40.9 Å². The van der Waals surface area contributed by atoms with Crippen molar-refractivity contribution >= 4 is 17.9 Å².